The molecular formula is C8H8N2. The average Bonchev–Trinajstić information content (AvgIpc) is 2.05. The standard InChI is InChI=1S/C8H8N2/c1-2-7-3-8(4-9)6-10-5-7/h1,3,5-6H,4,9H2. The Kier molecular flexibility index (Phi) is 2.03. The number of hydrogen-bond donors (Lipinski definition) is 1. The minimum atomic E-state index is 0.489. The molecule has 0 saturated heterocycles. The molecule has 2 N–H and O–H groups in total. The molecule has 1 rings (SSSR count). The Hall–Kier alpha value is -1.33. The molecule has 0 saturated carbocycles. The first-order valence-corrected chi connectivity index (χ1v) is 2.97. The highest BCUT2D eigenvalue weighted by Gasteiger charge is 1.89. The van der Waals surface area contributed by atoms with Crippen molar-refractivity contribution >= 4 is 0 Å². The maximum atomic E-state index is 5.36. The molecule has 0 unspecified atom stereocenters. The Bertz CT molecular complexity index is 260. The summed E-state index contributed by atoms with van der Waals surface area (Å²) in [5.74, 6) is 2.48. The lowest BCUT2D eigenvalue weighted by atomic mass is 10.2. The van der Waals surface area contributed by atoms with Crippen LogP contribution in [0.5, 0.6) is 0 Å². The van der Waals surface area contributed by atoms with Gasteiger partial charge in [0.15, 0.2) is 0 Å². The Morgan fingerprint density at radius 3 is 3.00 bits per heavy atom. The van der Waals surface area contributed by atoms with Gasteiger partial charge in [-0.15, -0.1) is 6.42 Å². The van der Waals surface area contributed by atoms with Gasteiger partial charge in [-0.1, -0.05) is 5.92 Å². The molecule has 0 atom stereocenters. The molecule has 0 aliphatic rings. The SMILES string of the molecule is C#Cc1cncc(CN)c1. The van der Waals surface area contributed by atoms with Crippen LogP contribution in [0.1, 0.15) is 11.1 Å². The third kappa shape index (κ3) is 1.34. The van der Waals surface area contributed by atoms with E-state index in [1.807, 2.05) is 6.07 Å². The average molecular weight is 132 g/mol. The normalized spacial score (nSPS) is 8.80. The molecule has 0 radical (unpaired) electrons. The summed E-state index contributed by atoms with van der Waals surface area (Å²) in [5, 5.41) is 0. The first kappa shape index (κ1) is 6.79. The monoisotopic (exact) mass is 132 g/mol. The van der Waals surface area contributed by atoms with E-state index in [-0.39, 0.29) is 0 Å². The van der Waals surface area contributed by atoms with Crippen molar-refractivity contribution in [2.75, 3.05) is 0 Å². The van der Waals surface area contributed by atoms with E-state index in [4.69, 9.17) is 12.2 Å². The van der Waals surface area contributed by atoms with E-state index < -0.39 is 0 Å². The van der Waals surface area contributed by atoms with Crippen molar-refractivity contribution in [1.82, 2.24) is 4.98 Å². The van der Waals surface area contributed by atoms with Gasteiger partial charge in [0.05, 0.1) is 0 Å². The lowest BCUT2D eigenvalue weighted by Crippen LogP contribution is -1.96. The molecule has 10 heavy (non-hydrogen) atoms. The molecular weight excluding hydrogens is 124 g/mol. The van der Waals surface area contributed by atoms with E-state index in [0.29, 0.717) is 6.54 Å². The summed E-state index contributed by atoms with van der Waals surface area (Å²) in [6.07, 6.45) is 8.49. The van der Waals surface area contributed by atoms with Gasteiger partial charge in [0.25, 0.3) is 0 Å². The van der Waals surface area contributed by atoms with Crippen molar-refractivity contribution in [3.05, 3.63) is 29.6 Å². The van der Waals surface area contributed by atoms with Crippen molar-refractivity contribution in [3.8, 4) is 12.3 Å². The van der Waals surface area contributed by atoms with Gasteiger partial charge in [0.1, 0.15) is 0 Å². The van der Waals surface area contributed by atoms with Gasteiger partial charge in [-0.2, -0.15) is 0 Å². The Balaban J connectivity index is 3.01. The maximum Gasteiger partial charge on any atom is 0.0429 e. The van der Waals surface area contributed by atoms with Crippen LogP contribution < -0.4 is 5.73 Å². The van der Waals surface area contributed by atoms with Gasteiger partial charge < -0.3 is 5.73 Å². The summed E-state index contributed by atoms with van der Waals surface area (Å²) in [4.78, 5) is 3.90. The smallest absolute Gasteiger partial charge is 0.0429 e. The molecule has 0 spiro atoms. The number of aromatic nitrogens is 1. The summed E-state index contributed by atoms with van der Waals surface area (Å²) >= 11 is 0. The van der Waals surface area contributed by atoms with Crippen LogP contribution in [0.4, 0.5) is 0 Å². The largest absolute Gasteiger partial charge is 0.326 e. The van der Waals surface area contributed by atoms with E-state index in [1.165, 1.54) is 0 Å². The number of nitrogens with two attached hydrogens (primary N) is 1. The molecule has 50 valence electrons. The van der Waals surface area contributed by atoms with Crippen LogP contribution in [-0.4, -0.2) is 4.98 Å². The molecule has 2 nitrogen and oxygen atoms in total. The lowest BCUT2D eigenvalue weighted by molar-refractivity contribution is 1.04. The van der Waals surface area contributed by atoms with E-state index in [1.54, 1.807) is 12.4 Å². The van der Waals surface area contributed by atoms with E-state index in [9.17, 15) is 0 Å². The van der Waals surface area contributed by atoms with Gasteiger partial charge >= 0.3 is 0 Å². The number of hydrogen-bond acceptors (Lipinski definition) is 2. The third-order valence-electron chi connectivity index (χ3n) is 1.20. The van der Waals surface area contributed by atoms with Crippen molar-refractivity contribution in [2.45, 2.75) is 6.54 Å². The molecule has 0 aliphatic heterocycles. The van der Waals surface area contributed by atoms with Crippen molar-refractivity contribution in [3.63, 3.8) is 0 Å². The summed E-state index contributed by atoms with van der Waals surface area (Å²) in [5.41, 5.74) is 7.11. The summed E-state index contributed by atoms with van der Waals surface area (Å²) in [6.45, 7) is 0.489. The Morgan fingerprint density at radius 2 is 2.40 bits per heavy atom. The molecule has 2 heteroatoms. The minimum Gasteiger partial charge on any atom is -0.326 e. The first-order valence-electron chi connectivity index (χ1n) is 2.97. The van der Waals surface area contributed by atoms with Gasteiger partial charge in [-0.25, -0.2) is 0 Å². The highest BCUT2D eigenvalue weighted by molar-refractivity contribution is 5.31. The Morgan fingerprint density at radius 1 is 1.60 bits per heavy atom. The van der Waals surface area contributed by atoms with Crippen LogP contribution in [0.15, 0.2) is 18.5 Å². The molecule has 1 heterocycles. The molecule has 1 aromatic rings. The first-order chi connectivity index (χ1) is 4.86. The van der Waals surface area contributed by atoms with E-state index >= 15 is 0 Å². The fraction of sp³-hybridized carbons (Fsp3) is 0.125. The van der Waals surface area contributed by atoms with Crippen LogP contribution in [0, 0.1) is 12.3 Å². The number of pyridine rings is 1. The predicted octanol–water partition coefficient (Wildman–Crippen LogP) is 0.522. The number of nitrogens with zero attached hydrogens (tertiary/aromatic N) is 1. The fourth-order valence-corrected chi connectivity index (χ4v) is 0.678. The Labute approximate surface area is 60.1 Å². The third-order valence-corrected chi connectivity index (χ3v) is 1.20. The van der Waals surface area contributed by atoms with E-state index in [0.717, 1.165) is 11.1 Å². The molecule has 1 aromatic heterocycles. The summed E-state index contributed by atoms with van der Waals surface area (Å²) in [7, 11) is 0. The molecule has 0 amide bonds. The fourth-order valence-electron chi connectivity index (χ4n) is 0.678. The zero-order valence-corrected chi connectivity index (χ0v) is 5.54. The van der Waals surface area contributed by atoms with Crippen molar-refractivity contribution in [1.29, 1.82) is 0 Å². The maximum absolute atomic E-state index is 5.36. The molecule has 0 aromatic carbocycles. The second-order valence-electron chi connectivity index (χ2n) is 1.93. The van der Waals surface area contributed by atoms with Crippen molar-refractivity contribution < 1.29 is 0 Å². The van der Waals surface area contributed by atoms with Crippen LogP contribution >= 0.6 is 0 Å². The van der Waals surface area contributed by atoms with E-state index in [2.05, 4.69) is 10.9 Å². The topological polar surface area (TPSA) is 38.9 Å². The summed E-state index contributed by atoms with van der Waals surface area (Å²) < 4.78 is 0. The predicted molar refractivity (Wildman–Crippen MR) is 40.1 cm³/mol. The number of terminal acetylenes is 1. The highest BCUT2D eigenvalue weighted by atomic mass is 14.6. The van der Waals surface area contributed by atoms with Crippen LogP contribution in [0.2, 0.25) is 0 Å². The van der Waals surface area contributed by atoms with Gasteiger partial charge in [0, 0.05) is 24.5 Å². The molecule has 0 aliphatic carbocycles. The van der Waals surface area contributed by atoms with Crippen LogP contribution in [0.25, 0.3) is 0 Å². The lowest BCUT2D eigenvalue weighted by Gasteiger charge is -1.94. The number of rotatable bonds is 1. The second kappa shape index (κ2) is 3.00. The molecule has 0 bridgehead atoms. The second-order valence-corrected chi connectivity index (χ2v) is 1.93. The van der Waals surface area contributed by atoms with Crippen molar-refractivity contribution in [2.24, 2.45) is 5.73 Å². The van der Waals surface area contributed by atoms with Crippen LogP contribution in [0.3, 0.4) is 0 Å². The minimum absolute atomic E-state index is 0.489. The zero-order chi connectivity index (χ0) is 7.40. The van der Waals surface area contributed by atoms with Gasteiger partial charge in [0.2, 0.25) is 0 Å². The highest BCUT2D eigenvalue weighted by Crippen LogP contribution is 1.98. The quantitative estimate of drug-likeness (QED) is 0.566. The summed E-state index contributed by atoms with van der Waals surface area (Å²) in [6, 6.07) is 1.85. The zero-order valence-electron chi connectivity index (χ0n) is 5.54. The molecule has 0 fully saturated rings. The van der Waals surface area contributed by atoms with Gasteiger partial charge in [-0.3, -0.25) is 4.98 Å². The van der Waals surface area contributed by atoms with Gasteiger partial charge in [-0.05, 0) is 11.6 Å². The van der Waals surface area contributed by atoms with Crippen LogP contribution in [-0.2, 0) is 6.54 Å².